The summed E-state index contributed by atoms with van der Waals surface area (Å²) in [5.41, 5.74) is 21.7. The Morgan fingerprint density at radius 3 is 1.34 bits per heavy atom. The predicted molar refractivity (Wildman–Crippen MR) is 304 cm³/mol. The topological polar surface area (TPSA) is 51.4 Å². The summed E-state index contributed by atoms with van der Waals surface area (Å²) in [5.74, 6) is 1.82. The van der Waals surface area contributed by atoms with Gasteiger partial charge in [0.05, 0.1) is 33.0 Å². The molecule has 1 N–H and O–H groups in total. The number of nitrogens with one attached hydrogen (secondary N) is 1. The molecule has 15 rings (SSSR count). The van der Waals surface area contributed by atoms with E-state index in [9.17, 15) is 0 Å². The van der Waals surface area contributed by atoms with Crippen LogP contribution in [0.1, 0.15) is 22.3 Å². The second kappa shape index (κ2) is 16.6. The Balaban J connectivity index is 0.951. The van der Waals surface area contributed by atoms with E-state index in [1.165, 1.54) is 44.2 Å². The molecular formula is C69H45N5. The average molecular weight is 944 g/mol. The molecule has 1 aliphatic carbocycles. The van der Waals surface area contributed by atoms with Gasteiger partial charge in [0, 0.05) is 38.8 Å². The molecule has 74 heavy (non-hydrogen) atoms. The fourth-order valence-corrected chi connectivity index (χ4v) is 12.1. The smallest absolute Gasteiger partial charge is 0.145 e. The number of nitrogens with zero attached hydrogens (tertiary/aromatic N) is 4. The molecular weight excluding hydrogens is 899 g/mol. The lowest BCUT2D eigenvalue weighted by molar-refractivity contribution is 0.775. The van der Waals surface area contributed by atoms with Gasteiger partial charge in [-0.05, 0) is 134 Å². The fraction of sp³-hybridized carbons (Fsp3) is 0.0145. The number of aromatic amines is 1. The van der Waals surface area contributed by atoms with Crippen molar-refractivity contribution in [3.63, 3.8) is 0 Å². The van der Waals surface area contributed by atoms with Crippen LogP contribution in [0.2, 0.25) is 0 Å². The van der Waals surface area contributed by atoms with Crippen molar-refractivity contribution in [3.05, 3.63) is 289 Å². The summed E-state index contributed by atoms with van der Waals surface area (Å²) >= 11 is 0. The highest BCUT2D eigenvalue weighted by atomic mass is 15.1. The van der Waals surface area contributed by atoms with Crippen LogP contribution in [0.5, 0.6) is 0 Å². The lowest BCUT2D eigenvalue weighted by Gasteiger charge is -2.34. The van der Waals surface area contributed by atoms with E-state index in [0.29, 0.717) is 0 Å². The van der Waals surface area contributed by atoms with Gasteiger partial charge in [-0.1, -0.05) is 188 Å². The number of H-pyrrole nitrogens is 1. The van der Waals surface area contributed by atoms with Crippen molar-refractivity contribution >= 4 is 43.9 Å². The zero-order chi connectivity index (χ0) is 48.7. The Bertz CT molecular complexity index is 4270. The van der Waals surface area contributed by atoms with Crippen molar-refractivity contribution in [3.8, 4) is 67.5 Å². The van der Waals surface area contributed by atoms with Gasteiger partial charge in [0.1, 0.15) is 11.6 Å². The Morgan fingerprint density at radius 2 is 0.770 bits per heavy atom. The van der Waals surface area contributed by atoms with E-state index in [0.717, 1.165) is 89.5 Å². The number of aromatic nitrogens is 5. The molecule has 5 heteroatoms. The first kappa shape index (κ1) is 41.9. The molecule has 11 aromatic carbocycles. The molecule has 0 aliphatic heterocycles. The number of benzene rings is 11. The van der Waals surface area contributed by atoms with Gasteiger partial charge >= 0.3 is 0 Å². The highest BCUT2D eigenvalue weighted by molar-refractivity contribution is 6.09. The summed E-state index contributed by atoms with van der Waals surface area (Å²) < 4.78 is 4.56. The van der Waals surface area contributed by atoms with Crippen LogP contribution < -0.4 is 0 Å². The maximum absolute atomic E-state index is 5.27. The summed E-state index contributed by atoms with van der Waals surface area (Å²) in [6, 6.07) is 96.7. The van der Waals surface area contributed by atoms with E-state index in [1.807, 2.05) is 0 Å². The van der Waals surface area contributed by atoms with E-state index in [2.05, 4.69) is 281 Å². The normalized spacial score (nSPS) is 12.7. The average Bonchev–Trinajstić information content (AvgIpc) is 4.25. The Morgan fingerprint density at radius 1 is 0.324 bits per heavy atom. The van der Waals surface area contributed by atoms with Gasteiger partial charge < -0.3 is 4.98 Å². The molecule has 346 valence electrons. The molecule has 0 unspecified atom stereocenters. The molecule has 0 amide bonds. The van der Waals surface area contributed by atoms with E-state index >= 15 is 0 Å². The Hall–Kier alpha value is -9.84. The van der Waals surface area contributed by atoms with E-state index in [1.54, 1.807) is 0 Å². The van der Waals surface area contributed by atoms with Gasteiger partial charge in [0.25, 0.3) is 0 Å². The van der Waals surface area contributed by atoms with Crippen LogP contribution in [0, 0.1) is 0 Å². The molecule has 1 aliphatic rings. The second-order valence-electron chi connectivity index (χ2n) is 19.4. The van der Waals surface area contributed by atoms with Crippen LogP contribution in [0.15, 0.2) is 267 Å². The van der Waals surface area contributed by atoms with E-state index < -0.39 is 5.41 Å². The van der Waals surface area contributed by atoms with Gasteiger partial charge in [-0.25, -0.2) is 9.97 Å². The molecule has 3 heterocycles. The largest absolute Gasteiger partial charge is 0.354 e. The van der Waals surface area contributed by atoms with Gasteiger partial charge in [-0.15, -0.1) is 0 Å². The van der Waals surface area contributed by atoms with Crippen LogP contribution in [0.25, 0.3) is 111 Å². The van der Waals surface area contributed by atoms with Crippen molar-refractivity contribution in [1.29, 1.82) is 0 Å². The van der Waals surface area contributed by atoms with Crippen molar-refractivity contribution in [2.75, 3.05) is 0 Å². The Labute approximate surface area is 428 Å². The fourth-order valence-electron chi connectivity index (χ4n) is 12.1. The molecule has 0 fully saturated rings. The highest BCUT2D eigenvalue weighted by Gasteiger charge is 2.47. The number of rotatable bonds is 8. The highest BCUT2D eigenvalue weighted by Crippen LogP contribution is 2.59. The standard InChI is InChI=1S/C69H45N5/c1-4-23-51(24-5-1)69(58-31-18-30-57-56-29-10-11-32-61(56)70-66(57)58)59-43-47(45-19-16-21-49(41-45)67-71-62-33-12-14-35-64(62)73(67)52-25-6-2-7-26-52)37-39-54(59)55-40-38-48(44-60(55)69)46-20-17-22-50(42-46)68-72-63-34-13-15-36-65(63)74(68)53-27-8-3-9-28-53/h1-44,70H. The number of hydrogen-bond acceptors (Lipinski definition) is 2. The third kappa shape index (κ3) is 6.36. The van der Waals surface area contributed by atoms with E-state index in [-0.39, 0.29) is 0 Å². The minimum absolute atomic E-state index is 0.726. The zero-order valence-electron chi connectivity index (χ0n) is 40.2. The van der Waals surface area contributed by atoms with Crippen molar-refractivity contribution in [1.82, 2.24) is 24.1 Å². The molecule has 0 saturated carbocycles. The van der Waals surface area contributed by atoms with Crippen LogP contribution in [-0.4, -0.2) is 24.1 Å². The molecule has 14 aromatic rings. The summed E-state index contributed by atoms with van der Waals surface area (Å²) in [7, 11) is 0. The maximum Gasteiger partial charge on any atom is 0.145 e. The predicted octanol–water partition coefficient (Wildman–Crippen LogP) is 17.0. The molecule has 0 radical (unpaired) electrons. The van der Waals surface area contributed by atoms with Gasteiger partial charge in [-0.3, -0.25) is 9.13 Å². The lowest BCUT2D eigenvalue weighted by atomic mass is 9.66. The van der Waals surface area contributed by atoms with E-state index in [4.69, 9.17) is 9.97 Å². The van der Waals surface area contributed by atoms with Crippen LogP contribution in [0.3, 0.4) is 0 Å². The SMILES string of the molecule is c1ccc(-n2c(-c3cccc(-c4ccc5c(c4)C(c4ccccc4)(c4cccc6c4[nH]c4ccccc46)c4cc(-c6cccc(-c7nc8ccccc8n7-c7ccccc7)c6)ccc4-5)c3)nc3ccccc32)cc1. The van der Waals surface area contributed by atoms with Crippen LogP contribution >= 0.6 is 0 Å². The number of para-hydroxylation sites is 8. The first-order valence-electron chi connectivity index (χ1n) is 25.3. The van der Waals surface area contributed by atoms with Crippen molar-refractivity contribution in [2.24, 2.45) is 0 Å². The minimum Gasteiger partial charge on any atom is -0.354 e. The molecule has 5 nitrogen and oxygen atoms in total. The van der Waals surface area contributed by atoms with Gasteiger partial charge in [-0.2, -0.15) is 0 Å². The summed E-state index contributed by atoms with van der Waals surface area (Å²) in [6.45, 7) is 0. The molecule has 0 atom stereocenters. The monoisotopic (exact) mass is 943 g/mol. The van der Waals surface area contributed by atoms with Crippen LogP contribution in [-0.2, 0) is 5.41 Å². The molecule has 0 saturated heterocycles. The maximum atomic E-state index is 5.27. The molecule has 0 spiro atoms. The summed E-state index contributed by atoms with van der Waals surface area (Å²) in [5, 5.41) is 2.42. The summed E-state index contributed by atoms with van der Waals surface area (Å²) in [6.07, 6.45) is 0. The first-order chi connectivity index (χ1) is 36.7. The van der Waals surface area contributed by atoms with Crippen molar-refractivity contribution < 1.29 is 0 Å². The molecule has 0 bridgehead atoms. The first-order valence-corrected chi connectivity index (χ1v) is 25.3. The third-order valence-corrected chi connectivity index (χ3v) is 15.3. The minimum atomic E-state index is -0.726. The zero-order valence-corrected chi connectivity index (χ0v) is 40.2. The second-order valence-corrected chi connectivity index (χ2v) is 19.4. The van der Waals surface area contributed by atoms with Gasteiger partial charge in [0.2, 0.25) is 0 Å². The number of fused-ring (bicyclic) bond motifs is 8. The molecule has 3 aromatic heterocycles. The third-order valence-electron chi connectivity index (χ3n) is 15.3. The quantitative estimate of drug-likeness (QED) is 0.165. The summed E-state index contributed by atoms with van der Waals surface area (Å²) in [4.78, 5) is 14.5. The van der Waals surface area contributed by atoms with Gasteiger partial charge in [0.15, 0.2) is 0 Å². The number of imidazole rings is 2. The van der Waals surface area contributed by atoms with Crippen LogP contribution in [0.4, 0.5) is 0 Å². The Kier molecular flexibility index (Phi) is 9.41. The number of hydrogen-bond donors (Lipinski definition) is 1. The lowest BCUT2D eigenvalue weighted by Crippen LogP contribution is -2.29. The van der Waals surface area contributed by atoms with Crippen molar-refractivity contribution in [2.45, 2.75) is 5.41 Å².